The van der Waals surface area contributed by atoms with Crippen LogP contribution in [0.25, 0.3) is 6.08 Å². The first-order valence-corrected chi connectivity index (χ1v) is 10.6. The number of allylic oxidation sites excluding steroid dienone is 1. The van der Waals surface area contributed by atoms with E-state index in [9.17, 15) is 13.2 Å². The van der Waals surface area contributed by atoms with Gasteiger partial charge in [0.05, 0.1) is 4.90 Å². The number of ketones is 1. The Labute approximate surface area is 153 Å². The summed E-state index contributed by atoms with van der Waals surface area (Å²) in [5.74, 6) is -0.167. The van der Waals surface area contributed by atoms with Crippen LogP contribution in [0.4, 0.5) is 0 Å². The van der Waals surface area contributed by atoms with E-state index in [2.05, 4.69) is 4.72 Å². The lowest BCUT2D eigenvalue weighted by molar-refractivity contribution is 0.104. The van der Waals surface area contributed by atoms with Crippen molar-refractivity contribution in [2.24, 2.45) is 0 Å². The molecule has 2 rings (SSSR count). The minimum atomic E-state index is -3.51. The maximum atomic E-state index is 12.2. The number of sulfonamides is 1. The first kappa shape index (κ1) is 19.4. The molecule has 0 aliphatic rings. The second kappa shape index (κ2) is 8.99. The molecule has 2 aromatic rings. The first-order valence-electron chi connectivity index (χ1n) is 7.92. The maximum Gasteiger partial charge on any atom is 0.240 e. The van der Waals surface area contributed by atoms with Gasteiger partial charge in [-0.05, 0) is 60.7 Å². The van der Waals surface area contributed by atoms with Crippen molar-refractivity contribution in [3.8, 4) is 0 Å². The summed E-state index contributed by atoms with van der Waals surface area (Å²) in [5, 5.41) is 0. The van der Waals surface area contributed by atoms with Crippen LogP contribution in [0, 0.1) is 0 Å². The molecule has 0 heterocycles. The molecule has 0 saturated carbocycles. The lowest BCUT2D eigenvalue weighted by atomic mass is 10.1. The van der Waals surface area contributed by atoms with Crippen molar-refractivity contribution in [2.75, 3.05) is 12.8 Å². The molecule has 0 fully saturated rings. The summed E-state index contributed by atoms with van der Waals surface area (Å²) in [6.07, 6.45) is 5.97. The zero-order valence-corrected chi connectivity index (χ0v) is 15.9. The van der Waals surface area contributed by atoms with Crippen LogP contribution in [0.3, 0.4) is 0 Å². The van der Waals surface area contributed by atoms with Gasteiger partial charge in [0, 0.05) is 17.0 Å². The first-order chi connectivity index (χ1) is 12.0. The Hall–Kier alpha value is -1.89. The van der Waals surface area contributed by atoms with Crippen LogP contribution in [0.1, 0.15) is 29.3 Å². The van der Waals surface area contributed by atoms with Crippen molar-refractivity contribution in [3.05, 3.63) is 65.7 Å². The van der Waals surface area contributed by atoms with Gasteiger partial charge in [0.15, 0.2) is 5.78 Å². The smallest absolute Gasteiger partial charge is 0.240 e. The average molecular weight is 376 g/mol. The van der Waals surface area contributed by atoms with E-state index < -0.39 is 10.0 Å². The highest BCUT2D eigenvalue weighted by atomic mass is 32.2. The number of carbonyl (C=O) groups excluding carboxylic acids is 1. The molecular weight excluding hydrogens is 354 g/mol. The summed E-state index contributed by atoms with van der Waals surface area (Å²) >= 11 is 1.66. The van der Waals surface area contributed by atoms with E-state index in [0.29, 0.717) is 12.1 Å². The number of thioether (sulfide) groups is 1. The molecule has 0 aliphatic carbocycles. The van der Waals surface area contributed by atoms with Crippen LogP contribution in [0.15, 0.2) is 64.4 Å². The van der Waals surface area contributed by atoms with E-state index in [1.54, 1.807) is 17.8 Å². The van der Waals surface area contributed by atoms with Gasteiger partial charge in [0.2, 0.25) is 10.0 Å². The van der Waals surface area contributed by atoms with Crippen molar-refractivity contribution in [1.29, 1.82) is 0 Å². The Morgan fingerprint density at radius 1 is 1.08 bits per heavy atom. The Morgan fingerprint density at radius 2 is 1.72 bits per heavy atom. The van der Waals surface area contributed by atoms with Crippen LogP contribution in [-0.4, -0.2) is 27.0 Å². The summed E-state index contributed by atoms with van der Waals surface area (Å²) in [5.41, 5.74) is 1.39. The van der Waals surface area contributed by atoms with E-state index in [1.807, 2.05) is 37.4 Å². The molecule has 0 spiro atoms. The fraction of sp³-hybridized carbons (Fsp3) is 0.211. The predicted octanol–water partition coefficient (Wildman–Crippen LogP) is 3.99. The van der Waals surface area contributed by atoms with Gasteiger partial charge in [-0.1, -0.05) is 25.1 Å². The van der Waals surface area contributed by atoms with E-state index in [1.165, 1.54) is 30.3 Å². The fourth-order valence-corrected chi connectivity index (χ4v) is 3.64. The molecule has 132 valence electrons. The van der Waals surface area contributed by atoms with Crippen LogP contribution in [0.5, 0.6) is 0 Å². The molecule has 0 aliphatic heterocycles. The molecule has 0 bridgehead atoms. The molecule has 0 atom stereocenters. The average Bonchev–Trinajstić information content (AvgIpc) is 2.65. The number of benzene rings is 2. The highest BCUT2D eigenvalue weighted by Gasteiger charge is 2.13. The number of hydrogen-bond acceptors (Lipinski definition) is 4. The Kier molecular flexibility index (Phi) is 6.99. The maximum absolute atomic E-state index is 12.2. The Morgan fingerprint density at radius 3 is 2.28 bits per heavy atom. The zero-order valence-electron chi connectivity index (χ0n) is 14.2. The topological polar surface area (TPSA) is 63.2 Å². The quantitative estimate of drug-likeness (QED) is 0.430. The number of carbonyl (C=O) groups is 1. The zero-order chi connectivity index (χ0) is 18.3. The van der Waals surface area contributed by atoms with Crippen LogP contribution in [0.2, 0.25) is 0 Å². The molecule has 0 saturated heterocycles. The lowest BCUT2D eigenvalue weighted by Crippen LogP contribution is -2.24. The fourth-order valence-electron chi connectivity index (χ4n) is 2.10. The number of nitrogens with one attached hydrogen (secondary N) is 1. The van der Waals surface area contributed by atoms with Crippen molar-refractivity contribution in [3.63, 3.8) is 0 Å². The Balaban J connectivity index is 2.08. The third kappa shape index (κ3) is 5.56. The third-order valence-corrected chi connectivity index (χ3v) is 5.75. The Bertz CT molecular complexity index is 839. The van der Waals surface area contributed by atoms with Crippen LogP contribution in [-0.2, 0) is 10.0 Å². The molecule has 25 heavy (non-hydrogen) atoms. The van der Waals surface area contributed by atoms with E-state index in [4.69, 9.17) is 0 Å². The largest absolute Gasteiger partial charge is 0.289 e. The molecule has 6 heteroatoms. The van der Waals surface area contributed by atoms with E-state index in [-0.39, 0.29) is 10.7 Å². The normalized spacial score (nSPS) is 11.8. The van der Waals surface area contributed by atoms with Gasteiger partial charge in [-0.25, -0.2) is 13.1 Å². The van der Waals surface area contributed by atoms with Gasteiger partial charge in [-0.2, -0.15) is 0 Å². The highest BCUT2D eigenvalue weighted by Crippen LogP contribution is 2.16. The van der Waals surface area contributed by atoms with Gasteiger partial charge >= 0.3 is 0 Å². The highest BCUT2D eigenvalue weighted by molar-refractivity contribution is 7.98. The minimum Gasteiger partial charge on any atom is -0.289 e. The molecule has 1 N–H and O–H groups in total. The van der Waals surface area contributed by atoms with Gasteiger partial charge in [0.1, 0.15) is 0 Å². The SMILES string of the molecule is CCCNS(=O)(=O)c1ccc(C(=O)/C=C/c2ccc(SC)cc2)cc1. The second-order valence-corrected chi connectivity index (χ2v) is 8.04. The number of rotatable bonds is 8. The van der Waals surface area contributed by atoms with Crippen molar-refractivity contribution >= 4 is 33.6 Å². The summed E-state index contributed by atoms with van der Waals surface area (Å²) < 4.78 is 26.5. The van der Waals surface area contributed by atoms with E-state index in [0.717, 1.165) is 16.9 Å². The summed E-state index contributed by atoms with van der Waals surface area (Å²) in [6, 6.07) is 13.9. The molecule has 0 unspecified atom stereocenters. The van der Waals surface area contributed by atoms with Gasteiger partial charge in [-0.15, -0.1) is 11.8 Å². The lowest BCUT2D eigenvalue weighted by Gasteiger charge is -2.05. The monoisotopic (exact) mass is 375 g/mol. The van der Waals surface area contributed by atoms with Gasteiger partial charge < -0.3 is 0 Å². The molecule has 0 amide bonds. The van der Waals surface area contributed by atoms with Crippen molar-refractivity contribution in [1.82, 2.24) is 4.72 Å². The van der Waals surface area contributed by atoms with Crippen molar-refractivity contribution in [2.45, 2.75) is 23.1 Å². The second-order valence-electron chi connectivity index (χ2n) is 5.39. The summed E-state index contributed by atoms with van der Waals surface area (Å²) in [6.45, 7) is 2.28. The van der Waals surface area contributed by atoms with Crippen LogP contribution >= 0.6 is 11.8 Å². The van der Waals surface area contributed by atoms with E-state index >= 15 is 0 Å². The molecule has 0 radical (unpaired) electrons. The third-order valence-electron chi connectivity index (χ3n) is 3.53. The minimum absolute atomic E-state index is 0.161. The standard InChI is InChI=1S/C19H21NO3S2/c1-3-14-20-25(22,23)18-11-7-16(8-12-18)19(21)13-6-15-4-9-17(24-2)10-5-15/h4-13,20H,3,14H2,1-2H3/b13-6+. The molecular formula is C19H21NO3S2. The predicted molar refractivity (Wildman–Crippen MR) is 104 cm³/mol. The molecule has 0 aromatic heterocycles. The van der Waals surface area contributed by atoms with Crippen LogP contribution < -0.4 is 4.72 Å². The number of hydrogen-bond donors (Lipinski definition) is 1. The molecule has 2 aromatic carbocycles. The summed E-state index contributed by atoms with van der Waals surface area (Å²) in [4.78, 5) is 13.5. The summed E-state index contributed by atoms with van der Waals surface area (Å²) in [7, 11) is -3.51. The van der Waals surface area contributed by atoms with Crippen molar-refractivity contribution < 1.29 is 13.2 Å². The van der Waals surface area contributed by atoms with Gasteiger partial charge in [-0.3, -0.25) is 4.79 Å². The van der Waals surface area contributed by atoms with Gasteiger partial charge in [0.25, 0.3) is 0 Å². The molecule has 4 nitrogen and oxygen atoms in total.